The van der Waals surface area contributed by atoms with Gasteiger partial charge in [0.05, 0.1) is 16.8 Å². The van der Waals surface area contributed by atoms with Crippen LogP contribution in [-0.4, -0.2) is 51.9 Å². The number of nitrogens with zero attached hydrogens (tertiary/aromatic N) is 3. The largest absolute Gasteiger partial charge is 0.351 e. The van der Waals surface area contributed by atoms with E-state index in [1.54, 1.807) is 18.5 Å². The lowest BCUT2D eigenvalue weighted by molar-refractivity contribution is -0.119. The molecule has 3 N–H and O–H groups in total. The first-order valence-corrected chi connectivity index (χ1v) is 9.26. The third-order valence-electron chi connectivity index (χ3n) is 3.36. The molecule has 1 aromatic heterocycles. The molecule has 2 unspecified atom stereocenters. The number of aromatic nitrogens is 3. The van der Waals surface area contributed by atoms with Crippen molar-refractivity contribution in [2.24, 2.45) is 12.8 Å². The summed E-state index contributed by atoms with van der Waals surface area (Å²) in [6, 6.07) is -0.910. The highest BCUT2D eigenvalue weighted by Crippen LogP contribution is 2.30. The third kappa shape index (κ3) is 3.77. The molecule has 1 saturated heterocycles. The van der Waals surface area contributed by atoms with E-state index in [0.717, 1.165) is 11.8 Å². The average molecular weight is 347 g/mol. The van der Waals surface area contributed by atoms with E-state index < -0.39 is 27.0 Å². The van der Waals surface area contributed by atoms with Crippen molar-refractivity contribution in [1.29, 1.82) is 0 Å². The van der Waals surface area contributed by atoms with Crippen LogP contribution in [0.15, 0.2) is 5.16 Å². The van der Waals surface area contributed by atoms with Crippen molar-refractivity contribution in [1.82, 2.24) is 20.1 Å². The van der Waals surface area contributed by atoms with Gasteiger partial charge < -0.3 is 10.3 Å². The second kappa shape index (κ2) is 6.24. The minimum atomic E-state index is -3.00. The summed E-state index contributed by atoms with van der Waals surface area (Å²) >= 11 is 1.12. The molecule has 22 heavy (non-hydrogen) atoms. The van der Waals surface area contributed by atoms with Crippen LogP contribution in [0.25, 0.3) is 0 Å². The zero-order chi connectivity index (χ0) is 16.5. The van der Waals surface area contributed by atoms with Crippen molar-refractivity contribution in [3.05, 3.63) is 5.82 Å². The predicted molar refractivity (Wildman–Crippen MR) is 80.1 cm³/mol. The predicted octanol–water partition coefficient (Wildman–Crippen LogP) is -0.607. The maximum atomic E-state index is 11.6. The highest BCUT2D eigenvalue weighted by atomic mass is 32.2. The van der Waals surface area contributed by atoms with Gasteiger partial charge in [0.25, 0.3) is 0 Å². The molecular weight excluding hydrogens is 330 g/mol. The molecule has 9 nitrogen and oxygen atoms in total. The van der Waals surface area contributed by atoms with Crippen molar-refractivity contribution >= 4 is 33.5 Å². The van der Waals surface area contributed by atoms with Gasteiger partial charge in [-0.25, -0.2) is 13.2 Å². The van der Waals surface area contributed by atoms with Crippen molar-refractivity contribution in [2.45, 2.75) is 29.7 Å². The Balaban J connectivity index is 2.08. The van der Waals surface area contributed by atoms with Gasteiger partial charge in [-0.3, -0.25) is 10.1 Å². The normalized spacial score (nSPS) is 21.5. The number of amides is 3. The van der Waals surface area contributed by atoms with E-state index in [2.05, 4.69) is 10.2 Å². The molecule has 1 aliphatic heterocycles. The van der Waals surface area contributed by atoms with Gasteiger partial charge in [-0.05, 0) is 13.3 Å². The minimum Gasteiger partial charge on any atom is -0.351 e. The fourth-order valence-electron chi connectivity index (χ4n) is 2.22. The maximum Gasteiger partial charge on any atom is 0.318 e. The number of rotatable bonds is 4. The number of urea groups is 1. The summed E-state index contributed by atoms with van der Waals surface area (Å²) in [5, 5.41) is 9.92. The number of carbonyl (C=O) groups is 2. The van der Waals surface area contributed by atoms with Crippen molar-refractivity contribution < 1.29 is 18.0 Å². The van der Waals surface area contributed by atoms with Gasteiger partial charge in [0.2, 0.25) is 5.91 Å². The third-order valence-corrected chi connectivity index (χ3v) is 6.27. The number of thioether (sulfide) groups is 1. The van der Waals surface area contributed by atoms with Gasteiger partial charge in [0.15, 0.2) is 15.0 Å². The summed E-state index contributed by atoms with van der Waals surface area (Å²) in [7, 11) is -1.28. The number of carbonyl (C=O) groups excluding carboxylic acids is 2. The first-order chi connectivity index (χ1) is 10.2. The van der Waals surface area contributed by atoms with Crippen LogP contribution in [0.1, 0.15) is 25.1 Å². The monoisotopic (exact) mass is 347 g/mol. The number of hydrogen-bond donors (Lipinski definition) is 2. The molecule has 0 aromatic carbocycles. The Morgan fingerprint density at radius 2 is 2.14 bits per heavy atom. The van der Waals surface area contributed by atoms with Crippen LogP contribution in [0.5, 0.6) is 0 Å². The minimum absolute atomic E-state index is 0.0708. The lowest BCUT2D eigenvalue weighted by Gasteiger charge is -2.11. The zero-order valence-corrected chi connectivity index (χ0v) is 13.8. The summed E-state index contributed by atoms with van der Waals surface area (Å²) in [6.45, 7) is 1.61. The molecule has 1 aliphatic rings. The summed E-state index contributed by atoms with van der Waals surface area (Å²) < 4.78 is 24.8. The lowest BCUT2D eigenvalue weighted by Crippen LogP contribution is -2.39. The van der Waals surface area contributed by atoms with E-state index >= 15 is 0 Å². The molecule has 1 fully saturated rings. The van der Waals surface area contributed by atoms with Crippen LogP contribution in [0.4, 0.5) is 4.79 Å². The van der Waals surface area contributed by atoms with E-state index in [1.807, 2.05) is 5.32 Å². The molecular formula is C11H17N5O4S2. The molecule has 3 amide bonds. The molecule has 0 spiro atoms. The molecule has 0 saturated carbocycles. The molecule has 2 atom stereocenters. The summed E-state index contributed by atoms with van der Waals surface area (Å²) in [4.78, 5) is 22.3. The number of nitrogens with two attached hydrogens (primary N) is 1. The van der Waals surface area contributed by atoms with E-state index in [-0.39, 0.29) is 17.4 Å². The van der Waals surface area contributed by atoms with Crippen LogP contribution in [-0.2, 0) is 21.7 Å². The first kappa shape index (κ1) is 16.7. The zero-order valence-electron chi connectivity index (χ0n) is 12.1. The highest BCUT2D eigenvalue weighted by Gasteiger charge is 2.33. The van der Waals surface area contributed by atoms with E-state index in [1.165, 1.54) is 0 Å². The van der Waals surface area contributed by atoms with E-state index in [4.69, 9.17) is 5.73 Å². The van der Waals surface area contributed by atoms with Crippen LogP contribution < -0.4 is 11.1 Å². The number of hydrogen-bond acceptors (Lipinski definition) is 7. The number of primary amides is 1. The summed E-state index contributed by atoms with van der Waals surface area (Å²) in [6.07, 6.45) is 0.524. The quantitative estimate of drug-likeness (QED) is 0.693. The van der Waals surface area contributed by atoms with Crippen LogP contribution in [0.2, 0.25) is 0 Å². The van der Waals surface area contributed by atoms with E-state index in [0.29, 0.717) is 17.4 Å². The molecule has 1 aromatic rings. The highest BCUT2D eigenvalue weighted by molar-refractivity contribution is 8.00. The standard InChI is InChI=1S/C11H17N5O4S2/c1-6(9(17)13-10(12)18)21-11-15-14-8(16(11)2)7-3-4-22(19,20)5-7/h6-7H,3-5H2,1-2H3,(H3,12,13,17,18). The number of sulfone groups is 1. The molecule has 11 heteroatoms. The van der Waals surface area contributed by atoms with Crippen LogP contribution >= 0.6 is 11.8 Å². The van der Waals surface area contributed by atoms with Gasteiger partial charge in [0, 0.05) is 13.0 Å². The Bertz CT molecular complexity index is 699. The maximum absolute atomic E-state index is 11.6. The Morgan fingerprint density at radius 1 is 1.45 bits per heavy atom. The molecule has 122 valence electrons. The fraction of sp³-hybridized carbons (Fsp3) is 0.636. The molecule has 0 radical (unpaired) electrons. The second-order valence-electron chi connectivity index (χ2n) is 5.11. The van der Waals surface area contributed by atoms with Crippen LogP contribution in [0.3, 0.4) is 0 Å². The van der Waals surface area contributed by atoms with Crippen molar-refractivity contribution in [3.8, 4) is 0 Å². The smallest absolute Gasteiger partial charge is 0.318 e. The van der Waals surface area contributed by atoms with Gasteiger partial charge in [-0.1, -0.05) is 11.8 Å². The van der Waals surface area contributed by atoms with Crippen LogP contribution in [0, 0.1) is 0 Å². The summed E-state index contributed by atoms with van der Waals surface area (Å²) in [5.41, 5.74) is 4.90. The Morgan fingerprint density at radius 3 is 2.68 bits per heavy atom. The molecule has 2 heterocycles. The van der Waals surface area contributed by atoms with Crippen molar-refractivity contribution in [2.75, 3.05) is 11.5 Å². The van der Waals surface area contributed by atoms with Gasteiger partial charge in [-0.15, -0.1) is 10.2 Å². The Labute approximate surface area is 131 Å². The Hall–Kier alpha value is -1.62. The average Bonchev–Trinajstić information content (AvgIpc) is 2.92. The molecule has 0 aliphatic carbocycles. The fourth-order valence-corrected chi connectivity index (χ4v) is 4.78. The number of nitrogens with one attached hydrogen (secondary N) is 1. The second-order valence-corrected chi connectivity index (χ2v) is 8.65. The lowest BCUT2D eigenvalue weighted by atomic mass is 10.1. The molecule has 0 bridgehead atoms. The number of imide groups is 1. The van der Waals surface area contributed by atoms with Gasteiger partial charge in [-0.2, -0.15) is 0 Å². The first-order valence-electron chi connectivity index (χ1n) is 6.56. The molecule has 2 rings (SSSR count). The van der Waals surface area contributed by atoms with Gasteiger partial charge >= 0.3 is 6.03 Å². The van der Waals surface area contributed by atoms with E-state index in [9.17, 15) is 18.0 Å². The topological polar surface area (TPSA) is 137 Å². The van der Waals surface area contributed by atoms with Gasteiger partial charge in [0.1, 0.15) is 5.82 Å². The Kier molecular flexibility index (Phi) is 4.75. The van der Waals surface area contributed by atoms with Crippen molar-refractivity contribution in [3.63, 3.8) is 0 Å². The SMILES string of the molecule is CC(Sc1nnc(C2CCS(=O)(=O)C2)n1C)C(=O)NC(N)=O. The summed E-state index contributed by atoms with van der Waals surface area (Å²) in [5.74, 6) is 0.120.